The highest BCUT2D eigenvalue weighted by molar-refractivity contribution is 7.92. The fourth-order valence-electron chi connectivity index (χ4n) is 2.18. The largest absolute Gasteiger partial charge is 0.493 e. The standard InChI is InChI=1S/C14H14N4O4S2/c1-21-11-4-8-9(5-12(11)22-2)15-7-16-13(8)10-6-23-14(17-10)18-24(3,19)20/h4-7H,1-3H3,(H,17,18). The van der Waals surface area contributed by atoms with Crippen molar-refractivity contribution in [1.82, 2.24) is 15.0 Å². The van der Waals surface area contributed by atoms with E-state index in [0.29, 0.717) is 28.4 Å². The third-order valence-electron chi connectivity index (χ3n) is 3.16. The molecule has 0 saturated heterocycles. The highest BCUT2D eigenvalue weighted by atomic mass is 32.2. The summed E-state index contributed by atoms with van der Waals surface area (Å²) in [4.78, 5) is 12.8. The Morgan fingerprint density at radius 1 is 1.12 bits per heavy atom. The molecular weight excluding hydrogens is 352 g/mol. The predicted octanol–water partition coefficient (Wildman–Crippen LogP) is 2.14. The molecular formula is C14H14N4O4S2. The van der Waals surface area contributed by atoms with Crippen molar-refractivity contribution in [1.29, 1.82) is 0 Å². The summed E-state index contributed by atoms with van der Waals surface area (Å²) in [6.07, 6.45) is 2.50. The number of methoxy groups -OCH3 is 2. The molecule has 0 bridgehead atoms. The van der Waals surface area contributed by atoms with Crippen LogP contribution in [0.4, 0.5) is 5.13 Å². The number of hydrogen-bond donors (Lipinski definition) is 1. The number of nitrogens with one attached hydrogen (secondary N) is 1. The van der Waals surface area contributed by atoms with E-state index in [-0.39, 0.29) is 5.13 Å². The molecule has 0 amide bonds. The first-order valence-electron chi connectivity index (χ1n) is 6.71. The van der Waals surface area contributed by atoms with E-state index >= 15 is 0 Å². The van der Waals surface area contributed by atoms with E-state index in [4.69, 9.17) is 9.47 Å². The van der Waals surface area contributed by atoms with Crippen LogP contribution in [0.1, 0.15) is 0 Å². The summed E-state index contributed by atoms with van der Waals surface area (Å²) in [6, 6.07) is 3.52. The van der Waals surface area contributed by atoms with Gasteiger partial charge in [0.05, 0.1) is 26.0 Å². The van der Waals surface area contributed by atoms with Crippen molar-refractivity contribution in [3.05, 3.63) is 23.8 Å². The van der Waals surface area contributed by atoms with Gasteiger partial charge in [0.25, 0.3) is 0 Å². The summed E-state index contributed by atoms with van der Waals surface area (Å²) < 4.78 is 35.6. The van der Waals surface area contributed by atoms with Crippen molar-refractivity contribution in [3.8, 4) is 22.9 Å². The molecule has 0 aliphatic rings. The van der Waals surface area contributed by atoms with Crippen molar-refractivity contribution in [2.75, 3.05) is 25.2 Å². The van der Waals surface area contributed by atoms with Crippen LogP contribution in [0.3, 0.4) is 0 Å². The summed E-state index contributed by atoms with van der Waals surface area (Å²) >= 11 is 1.18. The van der Waals surface area contributed by atoms with Crippen LogP contribution in [-0.4, -0.2) is 43.8 Å². The zero-order chi connectivity index (χ0) is 17.3. The minimum atomic E-state index is -3.38. The Hall–Kier alpha value is -2.46. The van der Waals surface area contributed by atoms with Crippen LogP contribution in [0.15, 0.2) is 23.8 Å². The number of sulfonamides is 1. The van der Waals surface area contributed by atoms with E-state index in [1.54, 1.807) is 31.7 Å². The molecule has 3 rings (SSSR count). The first-order chi connectivity index (χ1) is 11.4. The maximum atomic E-state index is 11.3. The second-order valence-electron chi connectivity index (χ2n) is 4.86. The topological polar surface area (TPSA) is 103 Å². The molecule has 24 heavy (non-hydrogen) atoms. The number of rotatable bonds is 5. The molecule has 126 valence electrons. The summed E-state index contributed by atoms with van der Waals surface area (Å²) in [5, 5.41) is 2.73. The lowest BCUT2D eigenvalue weighted by atomic mass is 10.1. The van der Waals surface area contributed by atoms with Gasteiger partial charge in [0.1, 0.15) is 17.7 Å². The van der Waals surface area contributed by atoms with Crippen molar-refractivity contribution >= 4 is 37.4 Å². The fourth-order valence-corrected chi connectivity index (χ4v) is 3.72. The monoisotopic (exact) mass is 366 g/mol. The van der Waals surface area contributed by atoms with Crippen LogP contribution in [0, 0.1) is 0 Å². The molecule has 3 aromatic rings. The number of benzene rings is 1. The molecule has 0 aliphatic carbocycles. The van der Waals surface area contributed by atoms with Crippen LogP contribution >= 0.6 is 11.3 Å². The molecule has 2 aromatic heterocycles. The lowest BCUT2D eigenvalue weighted by Crippen LogP contribution is -2.09. The van der Waals surface area contributed by atoms with E-state index in [2.05, 4.69) is 19.7 Å². The van der Waals surface area contributed by atoms with E-state index in [9.17, 15) is 8.42 Å². The van der Waals surface area contributed by atoms with E-state index in [1.807, 2.05) is 0 Å². The lowest BCUT2D eigenvalue weighted by molar-refractivity contribution is 0.356. The van der Waals surface area contributed by atoms with Gasteiger partial charge in [-0.25, -0.2) is 23.4 Å². The highest BCUT2D eigenvalue weighted by Gasteiger charge is 2.15. The van der Waals surface area contributed by atoms with Gasteiger partial charge in [0, 0.05) is 16.8 Å². The number of nitrogens with zero attached hydrogens (tertiary/aromatic N) is 3. The Balaban J connectivity index is 2.13. The maximum absolute atomic E-state index is 11.3. The number of aromatic nitrogens is 3. The van der Waals surface area contributed by atoms with Gasteiger partial charge in [-0.1, -0.05) is 0 Å². The Morgan fingerprint density at radius 2 is 1.83 bits per heavy atom. The molecule has 0 radical (unpaired) electrons. The average molecular weight is 366 g/mol. The molecule has 0 aliphatic heterocycles. The molecule has 0 fully saturated rings. The molecule has 1 aromatic carbocycles. The van der Waals surface area contributed by atoms with Crippen molar-refractivity contribution < 1.29 is 17.9 Å². The normalized spacial score (nSPS) is 11.5. The molecule has 2 heterocycles. The first-order valence-corrected chi connectivity index (χ1v) is 9.49. The second kappa shape index (κ2) is 6.21. The smallest absolute Gasteiger partial charge is 0.231 e. The van der Waals surface area contributed by atoms with E-state index < -0.39 is 10.0 Å². The summed E-state index contributed by atoms with van der Waals surface area (Å²) in [6.45, 7) is 0. The van der Waals surface area contributed by atoms with Gasteiger partial charge in [0.2, 0.25) is 10.0 Å². The summed E-state index contributed by atoms with van der Waals surface area (Å²) in [5.41, 5.74) is 1.80. The average Bonchev–Trinajstić information content (AvgIpc) is 2.99. The van der Waals surface area contributed by atoms with Gasteiger partial charge in [0.15, 0.2) is 16.6 Å². The number of thiazole rings is 1. The van der Waals surface area contributed by atoms with Crippen molar-refractivity contribution in [2.45, 2.75) is 0 Å². The van der Waals surface area contributed by atoms with Gasteiger partial charge in [-0.15, -0.1) is 11.3 Å². The number of fused-ring (bicyclic) bond motifs is 1. The van der Waals surface area contributed by atoms with Gasteiger partial charge in [-0.05, 0) is 6.07 Å². The van der Waals surface area contributed by atoms with Gasteiger partial charge in [-0.3, -0.25) is 4.72 Å². The molecule has 0 spiro atoms. The quantitative estimate of drug-likeness (QED) is 0.738. The Labute approximate surface area is 142 Å². The molecule has 0 unspecified atom stereocenters. The third kappa shape index (κ3) is 3.24. The van der Waals surface area contributed by atoms with Crippen molar-refractivity contribution in [2.24, 2.45) is 0 Å². The second-order valence-corrected chi connectivity index (χ2v) is 7.47. The predicted molar refractivity (Wildman–Crippen MR) is 92.2 cm³/mol. The van der Waals surface area contributed by atoms with Crippen LogP contribution in [-0.2, 0) is 10.0 Å². The van der Waals surface area contributed by atoms with E-state index in [1.165, 1.54) is 17.7 Å². The van der Waals surface area contributed by atoms with Gasteiger partial charge in [-0.2, -0.15) is 0 Å². The number of hydrogen-bond acceptors (Lipinski definition) is 8. The van der Waals surface area contributed by atoms with Crippen LogP contribution < -0.4 is 14.2 Å². The fraction of sp³-hybridized carbons (Fsp3) is 0.214. The minimum Gasteiger partial charge on any atom is -0.493 e. The van der Waals surface area contributed by atoms with Crippen molar-refractivity contribution in [3.63, 3.8) is 0 Å². The van der Waals surface area contributed by atoms with Crippen LogP contribution in [0.25, 0.3) is 22.3 Å². The van der Waals surface area contributed by atoms with Gasteiger partial charge >= 0.3 is 0 Å². The SMILES string of the molecule is COc1cc2ncnc(-c3csc(NS(C)(=O)=O)n3)c2cc1OC. The van der Waals surface area contributed by atoms with Crippen LogP contribution in [0.5, 0.6) is 11.5 Å². The minimum absolute atomic E-state index is 0.278. The maximum Gasteiger partial charge on any atom is 0.231 e. The van der Waals surface area contributed by atoms with Crippen LogP contribution in [0.2, 0.25) is 0 Å². The molecule has 1 N–H and O–H groups in total. The number of anilines is 1. The Morgan fingerprint density at radius 3 is 2.50 bits per heavy atom. The zero-order valence-corrected chi connectivity index (χ0v) is 14.7. The Bertz CT molecular complexity index is 1000. The molecule has 10 heteroatoms. The van der Waals surface area contributed by atoms with E-state index in [0.717, 1.165) is 11.6 Å². The highest BCUT2D eigenvalue weighted by Crippen LogP contribution is 2.35. The summed E-state index contributed by atoms with van der Waals surface area (Å²) in [7, 11) is -0.283. The Kier molecular flexibility index (Phi) is 4.24. The molecule has 8 nitrogen and oxygen atoms in total. The third-order valence-corrected chi connectivity index (χ3v) is 4.61. The summed E-state index contributed by atoms with van der Waals surface area (Å²) in [5.74, 6) is 1.11. The molecule has 0 atom stereocenters. The van der Waals surface area contributed by atoms with Gasteiger partial charge < -0.3 is 9.47 Å². The number of ether oxygens (including phenoxy) is 2. The lowest BCUT2D eigenvalue weighted by Gasteiger charge is -2.10. The zero-order valence-electron chi connectivity index (χ0n) is 13.1. The molecule has 0 saturated carbocycles. The first kappa shape index (κ1) is 16.4.